The predicted octanol–water partition coefficient (Wildman–Crippen LogP) is 5.13. The lowest BCUT2D eigenvalue weighted by Gasteiger charge is -2.29. The van der Waals surface area contributed by atoms with Gasteiger partial charge in [0.1, 0.15) is 18.2 Å². The lowest BCUT2D eigenvalue weighted by atomic mass is 10.0. The molecule has 9 nitrogen and oxygen atoms in total. The van der Waals surface area contributed by atoms with Crippen molar-refractivity contribution in [3.63, 3.8) is 0 Å². The molecule has 1 saturated heterocycles. The maximum atomic E-state index is 14.4. The summed E-state index contributed by atoms with van der Waals surface area (Å²) in [6.07, 6.45) is 4.02. The van der Waals surface area contributed by atoms with E-state index in [9.17, 15) is 19.1 Å². The molecule has 0 unspecified atom stereocenters. The number of carbonyl (C=O) groups is 2. The number of nitrogens with zero attached hydrogens (tertiary/aromatic N) is 4. The molecule has 1 atom stereocenters. The summed E-state index contributed by atoms with van der Waals surface area (Å²) in [5.41, 5.74) is 4.43. The van der Waals surface area contributed by atoms with E-state index in [0.717, 1.165) is 54.1 Å². The number of carbonyl (C=O) groups excluding carboxylic acids is 1. The first-order chi connectivity index (χ1) is 20.3. The summed E-state index contributed by atoms with van der Waals surface area (Å²) in [6.45, 7) is 4.94. The van der Waals surface area contributed by atoms with E-state index in [1.807, 2.05) is 12.1 Å². The molecule has 2 aromatic carbocycles. The predicted molar refractivity (Wildman–Crippen MR) is 154 cm³/mol. The molecule has 1 fully saturated rings. The van der Waals surface area contributed by atoms with Gasteiger partial charge in [0, 0.05) is 36.9 Å². The van der Waals surface area contributed by atoms with Crippen molar-refractivity contribution in [2.45, 2.75) is 45.6 Å². The fourth-order valence-electron chi connectivity index (χ4n) is 5.26. The van der Waals surface area contributed by atoms with Crippen LogP contribution in [0.15, 0.2) is 60.7 Å². The Morgan fingerprint density at radius 2 is 1.95 bits per heavy atom. The Bertz CT molecular complexity index is 1690. The number of imidazole rings is 1. The second kappa shape index (κ2) is 11.8. The summed E-state index contributed by atoms with van der Waals surface area (Å²) < 4.78 is 28.0. The van der Waals surface area contributed by atoms with Crippen LogP contribution in [-0.2, 0) is 24.4 Å². The van der Waals surface area contributed by atoms with Crippen molar-refractivity contribution < 1.29 is 28.6 Å². The molecule has 0 aliphatic carbocycles. The molecule has 4 aromatic rings. The van der Waals surface area contributed by atoms with E-state index in [0.29, 0.717) is 36.6 Å². The lowest BCUT2D eigenvalue weighted by Crippen LogP contribution is -2.33. The lowest BCUT2D eigenvalue weighted by molar-refractivity contribution is -0.0591. The molecule has 6 rings (SSSR count). The van der Waals surface area contributed by atoms with E-state index < -0.39 is 11.8 Å². The van der Waals surface area contributed by atoms with E-state index in [4.69, 9.17) is 14.5 Å². The van der Waals surface area contributed by atoms with Crippen LogP contribution in [0.25, 0.3) is 16.6 Å². The van der Waals surface area contributed by atoms with Crippen LogP contribution in [0.5, 0.6) is 5.88 Å². The van der Waals surface area contributed by atoms with Crippen LogP contribution in [0, 0.1) is 5.82 Å². The number of hydrogen-bond acceptors (Lipinski definition) is 7. The summed E-state index contributed by atoms with van der Waals surface area (Å²) in [4.78, 5) is 34.9. The number of fused-ring (bicyclic) bond motifs is 1. The van der Waals surface area contributed by atoms with E-state index in [-0.39, 0.29) is 24.1 Å². The summed E-state index contributed by atoms with van der Waals surface area (Å²) in [7, 11) is 0. The van der Waals surface area contributed by atoms with Gasteiger partial charge in [-0.2, -0.15) is 0 Å². The first-order valence-electron chi connectivity index (χ1n) is 14.0. The minimum absolute atomic E-state index is 0.00809. The Balaban J connectivity index is 1.13. The first-order valence-corrected chi connectivity index (χ1v) is 14.0. The molecule has 0 radical (unpaired) electrons. The second-order valence-corrected chi connectivity index (χ2v) is 10.7. The number of aromatic nitrogens is 3. The van der Waals surface area contributed by atoms with Gasteiger partial charge in [-0.15, -0.1) is 0 Å². The maximum absolute atomic E-state index is 14.4. The topological polar surface area (TPSA) is 107 Å². The van der Waals surface area contributed by atoms with E-state index in [1.165, 1.54) is 13.0 Å². The second-order valence-electron chi connectivity index (χ2n) is 10.7. The van der Waals surface area contributed by atoms with Gasteiger partial charge in [-0.3, -0.25) is 9.69 Å². The Labute approximate surface area is 242 Å². The van der Waals surface area contributed by atoms with Crippen molar-refractivity contribution >= 4 is 28.4 Å². The normalized spacial score (nSPS) is 17.1. The van der Waals surface area contributed by atoms with Crippen LogP contribution >= 0.6 is 0 Å². The van der Waals surface area contributed by atoms with Crippen LogP contribution < -0.4 is 4.74 Å². The van der Waals surface area contributed by atoms with E-state index >= 15 is 0 Å². The Morgan fingerprint density at radius 1 is 1.12 bits per heavy atom. The number of carboxylic acids is 1. The first kappa shape index (κ1) is 27.7. The highest BCUT2D eigenvalue weighted by atomic mass is 19.1. The Kier molecular flexibility index (Phi) is 7.82. The number of ether oxygens (including phenoxy) is 2. The molecule has 42 heavy (non-hydrogen) atoms. The number of Topliss-reactive ketones (excluding diaryl/α,β-unsaturated/α-hetero) is 1. The van der Waals surface area contributed by atoms with Crippen LogP contribution in [-0.4, -0.2) is 62.1 Å². The third-order valence-electron chi connectivity index (χ3n) is 7.80. The van der Waals surface area contributed by atoms with Crippen LogP contribution in [0.4, 0.5) is 4.39 Å². The minimum atomic E-state index is -0.960. The molecule has 4 heterocycles. The van der Waals surface area contributed by atoms with E-state index in [2.05, 4.69) is 20.5 Å². The third kappa shape index (κ3) is 5.95. The number of benzene rings is 2. The molecule has 0 spiro atoms. The van der Waals surface area contributed by atoms with E-state index in [1.54, 1.807) is 36.4 Å². The molecule has 1 N–H and O–H groups in total. The van der Waals surface area contributed by atoms with Gasteiger partial charge >= 0.3 is 5.97 Å². The zero-order valence-electron chi connectivity index (χ0n) is 23.3. The largest absolute Gasteiger partial charge is 0.478 e. The monoisotopic (exact) mass is 570 g/mol. The van der Waals surface area contributed by atoms with Crippen LogP contribution in [0.2, 0.25) is 0 Å². The summed E-state index contributed by atoms with van der Waals surface area (Å²) in [5, 5.41) is 9.49. The van der Waals surface area contributed by atoms with Gasteiger partial charge in [-0.1, -0.05) is 24.3 Å². The fraction of sp³-hybridized carbons (Fsp3) is 0.312. The van der Waals surface area contributed by atoms with Gasteiger partial charge in [-0.25, -0.2) is 19.2 Å². The van der Waals surface area contributed by atoms with Gasteiger partial charge < -0.3 is 19.1 Å². The van der Waals surface area contributed by atoms with Gasteiger partial charge in [0.15, 0.2) is 5.78 Å². The Morgan fingerprint density at radius 3 is 2.64 bits per heavy atom. The molecule has 216 valence electrons. The van der Waals surface area contributed by atoms with Gasteiger partial charge in [0.25, 0.3) is 0 Å². The quantitative estimate of drug-likeness (QED) is 0.262. The zero-order chi connectivity index (χ0) is 29.2. The number of carboxylic acid groups (broad SMARTS) is 1. The van der Waals surface area contributed by atoms with Gasteiger partial charge in [0.05, 0.1) is 41.5 Å². The average Bonchev–Trinajstić information content (AvgIpc) is 3.30. The van der Waals surface area contributed by atoms with Crippen molar-refractivity contribution in [1.29, 1.82) is 0 Å². The van der Waals surface area contributed by atoms with Gasteiger partial charge in [-0.05, 0) is 55.7 Å². The van der Waals surface area contributed by atoms with Crippen molar-refractivity contribution in [2.24, 2.45) is 0 Å². The minimum Gasteiger partial charge on any atom is -0.478 e. The average molecular weight is 571 g/mol. The SMILES string of the molecule is CC(=O)c1ccc(COc2cccc(C3=CCN(Cc4nc5ccc(C(=O)O)cc5n4C[C@@H]4CCO4)CC3)n2)c(F)c1. The molecule has 10 heteroatoms. The molecule has 2 aliphatic rings. The Hall–Kier alpha value is -4.41. The smallest absolute Gasteiger partial charge is 0.335 e. The van der Waals surface area contributed by atoms with Crippen molar-refractivity contribution in [2.75, 3.05) is 19.7 Å². The van der Waals surface area contributed by atoms with Gasteiger partial charge in [0.2, 0.25) is 5.88 Å². The van der Waals surface area contributed by atoms with Crippen LogP contribution in [0.3, 0.4) is 0 Å². The molecular weight excluding hydrogens is 539 g/mol. The molecule has 0 amide bonds. The summed E-state index contributed by atoms with van der Waals surface area (Å²) in [6, 6.07) is 15.0. The highest BCUT2D eigenvalue weighted by molar-refractivity contribution is 5.94. The standard InChI is InChI=1S/C32H31FN4O5/c1-20(38)22-5-6-24(26(33)15-22)19-42-31-4-2-3-27(35-31)21-9-12-36(13-10-21)18-30-34-28-8-7-23(32(39)40)16-29(28)37(30)17-25-11-14-41-25/h2-9,15-16,25H,10-14,17-19H2,1H3,(H,39,40)/t25-/m0/s1. The molecule has 0 saturated carbocycles. The molecular formula is C32H31FN4O5. The zero-order valence-corrected chi connectivity index (χ0v) is 23.3. The van der Waals surface area contributed by atoms with Crippen molar-refractivity contribution in [3.8, 4) is 5.88 Å². The number of hydrogen-bond donors (Lipinski definition) is 1. The number of halogens is 1. The van der Waals surface area contributed by atoms with Crippen molar-refractivity contribution in [3.05, 3.63) is 94.7 Å². The van der Waals surface area contributed by atoms with Crippen LogP contribution in [0.1, 0.15) is 57.6 Å². The molecule has 0 bridgehead atoms. The highest BCUT2D eigenvalue weighted by Crippen LogP contribution is 2.27. The molecule has 2 aromatic heterocycles. The number of aromatic carboxylic acids is 1. The fourth-order valence-corrected chi connectivity index (χ4v) is 5.26. The number of rotatable bonds is 10. The molecule has 2 aliphatic heterocycles. The maximum Gasteiger partial charge on any atom is 0.335 e. The summed E-state index contributed by atoms with van der Waals surface area (Å²) >= 11 is 0. The number of pyridine rings is 1. The summed E-state index contributed by atoms with van der Waals surface area (Å²) in [5.74, 6) is -0.342. The number of ketones is 1. The third-order valence-corrected chi connectivity index (χ3v) is 7.80. The van der Waals surface area contributed by atoms with Crippen molar-refractivity contribution in [1.82, 2.24) is 19.4 Å². The highest BCUT2D eigenvalue weighted by Gasteiger charge is 2.24.